The van der Waals surface area contributed by atoms with Crippen LogP contribution in [0.5, 0.6) is 0 Å². The van der Waals surface area contributed by atoms with Gasteiger partial charge in [0.15, 0.2) is 0 Å². The van der Waals surface area contributed by atoms with Crippen LogP contribution in [0.4, 0.5) is 0 Å². The lowest BCUT2D eigenvalue weighted by Crippen LogP contribution is -2.50. The summed E-state index contributed by atoms with van der Waals surface area (Å²) in [5.74, 6) is 0. The van der Waals surface area contributed by atoms with Crippen LogP contribution in [0.3, 0.4) is 0 Å². The van der Waals surface area contributed by atoms with E-state index < -0.39 is 0 Å². The third kappa shape index (κ3) is 30.8. The highest BCUT2D eigenvalue weighted by Gasteiger charge is 2.30. The molecule has 6 nitrogen and oxygen atoms in total. The Bertz CT molecular complexity index is 1100. The Kier molecular flexibility index (Phi) is 44.6. The van der Waals surface area contributed by atoms with Crippen LogP contribution in [0.2, 0.25) is 48.4 Å². The van der Waals surface area contributed by atoms with E-state index in [-0.39, 0.29) is 53.4 Å². The third-order valence-electron chi connectivity index (χ3n) is 18.1. The van der Waals surface area contributed by atoms with Gasteiger partial charge in [0, 0.05) is 52.8 Å². The van der Waals surface area contributed by atoms with Crippen molar-refractivity contribution in [2.75, 3.05) is 26.2 Å². The van der Waals surface area contributed by atoms with Crippen LogP contribution in [0.25, 0.3) is 0 Å². The zero-order chi connectivity index (χ0) is 51.4. The van der Waals surface area contributed by atoms with E-state index in [4.69, 9.17) is 0 Å². The lowest BCUT2D eigenvalue weighted by molar-refractivity contribution is 0.209. The number of hydrogen-bond acceptors (Lipinski definition) is 6. The maximum atomic E-state index is 2.94. The molecule has 6 rings (SSSR count). The second-order valence-electron chi connectivity index (χ2n) is 23.9. The highest BCUT2D eigenvalue weighted by Crippen LogP contribution is 2.25. The van der Waals surface area contributed by atoms with E-state index in [1.807, 2.05) is 0 Å². The van der Waals surface area contributed by atoms with Crippen molar-refractivity contribution in [1.82, 2.24) is 27.4 Å². The van der Waals surface area contributed by atoms with Gasteiger partial charge in [-0.2, -0.15) is 0 Å². The standard InChI is InChI=1S/C11H27NSi2.C10H25NSi2.C9H23NSi2.C8H21NSi2.C7H19NSi2.C6H17NSi2/c1-5-14(6-2)13-12-10(3)8-7-9-11(12)4;1-5-13(6-2)12-11-9(3)7-8-10(11)4;1-4-11-12-10-8(2)6-5-7-9(10)3;1-4-10-11-9-7(2)5-6-8(9)3;1-2-9-10-8-6-4-3-5-7-8;1-2-8-9-7-5-3-4-6-7/h10-11,14H,5-9,13H2,1-4H3;9-10,13H,5-8,12H2,1-4H3;8-9H,4-7,11-12H2,1-3H3;7-8H,4-6,10-11H2,1-3H3;2-7,9-10H2,1H3;2-6,8-9H2,1H3. The van der Waals surface area contributed by atoms with Crippen molar-refractivity contribution < 1.29 is 0 Å². The molecule has 69 heavy (non-hydrogen) atoms. The van der Waals surface area contributed by atoms with Gasteiger partial charge in [-0.15, -0.1) is 0 Å². The maximum Gasteiger partial charge on any atom is 0.0839 e. The predicted molar refractivity (Wildman–Crippen MR) is 359 cm³/mol. The van der Waals surface area contributed by atoms with Gasteiger partial charge < -0.3 is 27.4 Å². The van der Waals surface area contributed by atoms with Crippen LogP contribution in [-0.2, 0) is 0 Å². The molecule has 0 saturated carbocycles. The number of piperidine rings is 3. The Balaban J connectivity index is 0.000000416. The zero-order valence-corrected chi connectivity index (χ0v) is 67.1. The molecule has 6 aliphatic rings. The number of hydrogen-bond donors (Lipinski definition) is 0. The second-order valence-corrected chi connectivity index (χ2v) is 67.7. The van der Waals surface area contributed by atoms with Gasteiger partial charge in [0.1, 0.15) is 0 Å². The monoisotopic (exact) mass is 1160 g/mol. The van der Waals surface area contributed by atoms with Crippen LogP contribution in [-0.4, -0.2) is 210 Å². The first kappa shape index (κ1) is 69.4. The van der Waals surface area contributed by atoms with Crippen LogP contribution in [0, 0.1) is 0 Å². The van der Waals surface area contributed by atoms with Crippen LogP contribution in [0.1, 0.15) is 207 Å². The summed E-state index contributed by atoms with van der Waals surface area (Å²) < 4.78 is 17.2. The lowest BCUT2D eigenvalue weighted by atomic mass is 10.0. The van der Waals surface area contributed by atoms with E-state index in [2.05, 4.69) is 138 Å². The average molecular weight is 1170 g/mol. The Morgan fingerprint density at radius 3 is 0.841 bits per heavy atom. The molecule has 8 unspecified atom stereocenters. The number of nitrogens with zero attached hydrogens (tertiary/aromatic N) is 6. The molecule has 0 aromatic heterocycles. The summed E-state index contributed by atoms with van der Waals surface area (Å²) in [5, 5.41) is 0. The van der Waals surface area contributed by atoms with Crippen molar-refractivity contribution >= 4 is 108 Å². The fraction of sp³-hybridized carbons (Fsp3) is 1.00. The highest BCUT2D eigenvalue weighted by atomic mass is 29.2. The molecule has 6 saturated heterocycles. The first-order chi connectivity index (χ1) is 33.2. The van der Waals surface area contributed by atoms with Crippen LogP contribution < -0.4 is 0 Å². The molecule has 0 bridgehead atoms. The van der Waals surface area contributed by atoms with Gasteiger partial charge in [-0.1, -0.05) is 178 Å². The number of rotatable bonds is 20. The summed E-state index contributed by atoms with van der Waals surface area (Å²) in [6.07, 6.45) is 22.1. The molecule has 0 aliphatic carbocycles. The summed E-state index contributed by atoms with van der Waals surface area (Å²) in [6.45, 7) is 44.5. The van der Waals surface area contributed by atoms with Crippen molar-refractivity contribution in [1.29, 1.82) is 0 Å². The summed E-state index contributed by atoms with van der Waals surface area (Å²) in [4.78, 5) is 0. The van der Waals surface area contributed by atoms with Gasteiger partial charge in [-0.25, -0.2) is 0 Å². The maximum absolute atomic E-state index is 2.94. The van der Waals surface area contributed by atoms with Gasteiger partial charge >= 0.3 is 0 Å². The minimum atomic E-state index is -0.277. The van der Waals surface area contributed by atoms with E-state index in [9.17, 15) is 0 Å². The third-order valence-corrected chi connectivity index (χ3v) is 69.0. The summed E-state index contributed by atoms with van der Waals surface area (Å²) in [6, 6.07) is 19.7. The molecular weight excluding hydrogens is 1030 g/mol. The van der Waals surface area contributed by atoms with Gasteiger partial charge in [0.05, 0.1) is 55.2 Å². The van der Waals surface area contributed by atoms with Crippen molar-refractivity contribution in [3.05, 3.63) is 0 Å². The van der Waals surface area contributed by atoms with Gasteiger partial charge in [0.2, 0.25) is 0 Å². The van der Waals surface area contributed by atoms with Gasteiger partial charge in [0.25, 0.3) is 0 Å². The first-order valence-corrected chi connectivity index (χ1v) is 65.3. The first-order valence-electron chi connectivity index (χ1n) is 31.7. The molecule has 6 aliphatic heterocycles. The average Bonchev–Trinajstić information content (AvgIpc) is 4.09. The summed E-state index contributed by atoms with van der Waals surface area (Å²) in [7, 11) is 2.68. The molecule has 6 heterocycles. The molecule has 0 N–H and O–H groups in total. The molecule has 414 valence electrons. The van der Waals surface area contributed by atoms with Gasteiger partial charge in [-0.3, -0.25) is 0 Å². The Morgan fingerprint density at radius 2 is 0.551 bits per heavy atom. The lowest BCUT2D eigenvalue weighted by Gasteiger charge is -2.40. The van der Waals surface area contributed by atoms with E-state index in [1.165, 1.54) is 135 Å². The van der Waals surface area contributed by atoms with Crippen LogP contribution >= 0.6 is 0 Å². The molecule has 0 aromatic rings. The molecule has 18 heteroatoms. The molecule has 0 radical (unpaired) electrons. The van der Waals surface area contributed by atoms with Crippen molar-refractivity contribution in [2.45, 2.75) is 304 Å². The van der Waals surface area contributed by atoms with Crippen molar-refractivity contribution in [2.24, 2.45) is 0 Å². The normalized spacial score (nSPS) is 30.2. The summed E-state index contributed by atoms with van der Waals surface area (Å²) >= 11 is 0. The molecule has 0 spiro atoms. The topological polar surface area (TPSA) is 19.4 Å². The van der Waals surface area contributed by atoms with Gasteiger partial charge in [-0.05, 0) is 152 Å². The highest BCUT2D eigenvalue weighted by molar-refractivity contribution is 7.11. The molecule has 8 atom stereocenters. The second kappa shape index (κ2) is 44.4. The zero-order valence-electron chi connectivity index (χ0n) is 50.6. The van der Waals surface area contributed by atoms with Crippen molar-refractivity contribution in [3.63, 3.8) is 0 Å². The SMILES string of the molecule is CC[SiH2][SiH2]N1C(C)CCC1C.CC[SiH2][SiH2]N1C(C)CCCC1C.CC[SiH2][SiH2]N1CCCC1.CC[SiH2][SiH2]N1CCCCC1.CC[SiH](CC)[SiH2]N1C(C)CCC1C.CC[SiH](CC)[SiH2]N1C(C)CCCC1C. The minimum absolute atomic E-state index is 0.157. The fourth-order valence-corrected chi connectivity index (χ4v) is 52.7. The Morgan fingerprint density at radius 1 is 0.304 bits per heavy atom. The fourth-order valence-electron chi connectivity index (χ4n) is 12.4. The smallest absolute Gasteiger partial charge is 0.0839 e. The van der Waals surface area contributed by atoms with E-state index in [1.54, 1.807) is 36.3 Å². The van der Waals surface area contributed by atoms with Crippen LogP contribution in [0.15, 0.2) is 0 Å². The predicted octanol–water partition coefficient (Wildman–Crippen LogP) is 4.89. The molecular formula is C51H132N6Si12. The quantitative estimate of drug-likeness (QED) is 0.161. The summed E-state index contributed by atoms with van der Waals surface area (Å²) in [5.41, 5.74) is 0. The van der Waals surface area contributed by atoms with Crippen molar-refractivity contribution in [3.8, 4) is 0 Å². The molecule has 6 fully saturated rings. The molecule has 0 aromatic carbocycles. The largest absolute Gasteiger partial charge is 0.332 e. The Labute approximate surface area is 461 Å². The minimum Gasteiger partial charge on any atom is -0.332 e. The Hall–Kier alpha value is 2.36. The van der Waals surface area contributed by atoms with E-state index >= 15 is 0 Å². The van der Waals surface area contributed by atoms with E-state index in [0.717, 1.165) is 48.3 Å². The molecule has 0 amide bonds. The van der Waals surface area contributed by atoms with E-state index in [0.29, 0.717) is 54.5 Å².